The third kappa shape index (κ3) is 4.14. The van der Waals surface area contributed by atoms with Gasteiger partial charge in [-0.25, -0.2) is 9.50 Å². The number of nitrogens with zero attached hydrogens (tertiary/aromatic N) is 5. The summed E-state index contributed by atoms with van der Waals surface area (Å²) in [6.07, 6.45) is 3.62. The van der Waals surface area contributed by atoms with Crippen molar-refractivity contribution < 1.29 is 9.53 Å². The predicted octanol–water partition coefficient (Wildman–Crippen LogP) is 3.71. The lowest BCUT2D eigenvalue weighted by Crippen LogP contribution is -2.54. The first-order chi connectivity index (χ1) is 16.3. The number of hydrogen-bond donors (Lipinski definition) is 1. The van der Waals surface area contributed by atoms with Crippen LogP contribution in [0.1, 0.15) is 30.9 Å². The van der Waals surface area contributed by atoms with Crippen LogP contribution in [0.5, 0.6) is 5.75 Å². The molecule has 0 saturated carbocycles. The molecule has 1 amide bonds. The van der Waals surface area contributed by atoms with Gasteiger partial charge in [-0.05, 0) is 62.3 Å². The number of H-pyrrole nitrogens is 1. The second-order valence-corrected chi connectivity index (χ2v) is 9.93. The molecule has 4 aromatic rings. The quantitative estimate of drug-likeness (QED) is 0.455. The molecule has 178 valence electrons. The van der Waals surface area contributed by atoms with Crippen LogP contribution in [0.3, 0.4) is 0 Å². The summed E-state index contributed by atoms with van der Waals surface area (Å²) >= 11 is 0. The van der Waals surface area contributed by atoms with E-state index in [9.17, 15) is 4.79 Å². The van der Waals surface area contributed by atoms with Crippen molar-refractivity contribution in [2.24, 2.45) is 5.92 Å². The van der Waals surface area contributed by atoms with Crippen molar-refractivity contribution in [1.29, 1.82) is 0 Å². The van der Waals surface area contributed by atoms with Crippen molar-refractivity contribution in [3.05, 3.63) is 47.9 Å². The van der Waals surface area contributed by atoms with Gasteiger partial charge in [0.2, 0.25) is 5.91 Å². The third-order valence-corrected chi connectivity index (χ3v) is 6.48. The van der Waals surface area contributed by atoms with Crippen LogP contribution in [0.4, 0.5) is 0 Å². The van der Waals surface area contributed by atoms with Gasteiger partial charge in [-0.15, -0.1) is 0 Å². The number of carbonyl (C=O) groups is 1. The summed E-state index contributed by atoms with van der Waals surface area (Å²) in [6, 6.07) is 8.41. The molecular weight excluding hydrogens is 428 g/mol. The van der Waals surface area contributed by atoms with Crippen LogP contribution >= 0.6 is 0 Å². The number of likely N-dealkylation sites (tertiary alicyclic amines) is 1. The van der Waals surface area contributed by atoms with E-state index >= 15 is 0 Å². The van der Waals surface area contributed by atoms with Crippen LogP contribution in [0.15, 0.2) is 36.8 Å². The molecular formula is C26H32N6O2. The van der Waals surface area contributed by atoms with Crippen LogP contribution in [-0.2, 0) is 4.79 Å². The molecule has 5 rings (SSSR count). The first-order valence-corrected chi connectivity index (χ1v) is 11.8. The maximum Gasteiger partial charge on any atom is 0.236 e. The number of rotatable bonds is 7. The molecule has 1 fully saturated rings. The maximum absolute atomic E-state index is 12.1. The van der Waals surface area contributed by atoms with Gasteiger partial charge in [0.15, 0.2) is 5.65 Å². The van der Waals surface area contributed by atoms with Crippen molar-refractivity contribution in [1.82, 2.24) is 29.4 Å². The summed E-state index contributed by atoms with van der Waals surface area (Å²) in [5, 5.41) is 5.51. The van der Waals surface area contributed by atoms with E-state index in [4.69, 9.17) is 4.74 Å². The summed E-state index contributed by atoms with van der Waals surface area (Å²) in [5.41, 5.74) is 6.52. The number of aromatic amines is 1. The first kappa shape index (κ1) is 22.4. The first-order valence-electron chi connectivity index (χ1n) is 11.8. The Hall–Kier alpha value is -3.39. The number of aryl methyl sites for hydroxylation is 1. The van der Waals surface area contributed by atoms with Gasteiger partial charge < -0.3 is 19.5 Å². The Labute approximate surface area is 199 Å². The van der Waals surface area contributed by atoms with E-state index < -0.39 is 0 Å². The summed E-state index contributed by atoms with van der Waals surface area (Å²) in [6.45, 7) is 9.11. The van der Waals surface area contributed by atoms with E-state index in [1.54, 1.807) is 6.33 Å². The number of pyridine rings is 1. The zero-order valence-corrected chi connectivity index (χ0v) is 20.5. The molecule has 0 bridgehead atoms. The second-order valence-electron chi connectivity index (χ2n) is 9.93. The average Bonchev–Trinajstić information content (AvgIpc) is 3.36. The molecule has 0 aliphatic carbocycles. The van der Waals surface area contributed by atoms with E-state index in [0.717, 1.165) is 46.8 Å². The molecule has 34 heavy (non-hydrogen) atoms. The summed E-state index contributed by atoms with van der Waals surface area (Å²) in [4.78, 5) is 23.9. The topological polar surface area (TPSA) is 78.8 Å². The van der Waals surface area contributed by atoms with Gasteiger partial charge >= 0.3 is 0 Å². The molecule has 1 aliphatic rings. The molecule has 1 N–H and O–H groups in total. The summed E-state index contributed by atoms with van der Waals surface area (Å²) in [5.74, 6) is 1.75. The molecule has 0 spiro atoms. The lowest BCUT2D eigenvalue weighted by atomic mass is 9.96. The number of fused-ring (bicyclic) bond motifs is 2. The van der Waals surface area contributed by atoms with Gasteiger partial charge in [-0.1, -0.05) is 13.8 Å². The van der Waals surface area contributed by atoms with Crippen LogP contribution < -0.4 is 4.74 Å². The highest BCUT2D eigenvalue weighted by Crippen LogP contribution is 2.37. The Morgan fingerprint density at radius 3 is 2.79 bits per heavy atom. The normalized spacial score (nSPS) is 14.5. The van der Waals surface area contributed by atoms with Gasteiger partial charge in [-0.2, -0.15) is 5.10 Å². The molecule has 8 heteroatoms. The van der Waals surface area contributed by atoms with Crippen LogP contribution in [-0.4, -0.2) is 75.6 Å². The number of hydrogen-bond acceptors (Lipinski definition) is 5. The fraction of sp³-hybridized carbons (Fsp3) is 0.423. The second kappa shape index (κ2) is 8.76. The molecule has 1 aromatic carbocycles. The van der Waals surface area contributed by atoms with Crippen molar-refractivity contribution in [3.8, 4) is 17.0 Å². The number of ether oxygens (including phenoxy) is 1. The third-order valence-electron chi connectivity index (χ3n) is 6.48. The minimum atomic E-state index is 0.184. The number of likely N-dealkylation sites (N-methyl/N-ethyl adjacent to an activating group) is 1. The molecule has 0 atom stereocenters. The molecule has 0 unspecified atom stereocenters. The van der Waals surface area contributed by atoms with Gasteiger partial charge in [0.25, 0.3) is 0 Å². The minimum absolute atomic E-state index is 0.184. The average molecular weight is 461 g/mol. The summed E-state index contributed by atoms with van der Waals surface area (Å²) in [7, 11) is 3.83. The highest BCUT2D eigenvalue weighted by atomic mass is 16.5. The molecule has 1 aliphatic heterocycles. The van der Waals surface area contributed by atoms with Crippen molar-refractivity contribution >= 4 is 22.5 Å². The van der Waals surface area contributed by atoms with Crippen molar-refractivity contribution in [2.45, 2.75) is 26.7 Å². The number of carbonyl (C=O) groups excluding carboxylic acids is 1. The fourth-order valence-electron chi connectivity index (χ4n) is 4.80. The predicted molar refractivity (Wildman–Crippen MR) is 133 cm³/mol. The molecule has 8 nitrogen and oxygen atoms in total. The Balaban J connectivity index is 1.36. The fourth-order valence-corrected chi connectivity index (χ4v) is 4.80. The molecule has 4 heterocycles. The van der Waals surface area contributed by atoms with E-state index in [0.29, 0.717) is 25.0 Å². The van der Waals surface area contributed by atoms with Gasteiger partial charge in [-0.3, -0.25) is 4.79 Å². The molecule has 3 aromatic heterocycles. The number of amides is 1. The highest BCUT2D eigenvalue weighted by molar-refractivity contribution is 5.92. The van der Waals surface area contributed by atoms with Crippen LogP contribution in [0.25, 0.3) is 27.8 Å². The Bertz CT molecular complexity index is 1350. The van der Waals surface area contributed by atoms with E-state index in [-0.39, 0.29) is 5.91 Å². The van der Waals surface area contributed by atoms with Gasteiger partial charge in [0.05, 0.1) is 18.8 Å². The Morgan fingerprint density at radius 2 is 2.06 bits per heavy atom. The monoisotopic (exact) mass is 460 g/mol. The standard InChI is InChI=1S/C26H32N6O2/c1-16(2)24-21-9-20(34-14-18-10-31(11-18)23(33)13-30(4)5)6-7-22(21)29-25(24)19-8-17(3)26-27-15-28-32(26)12-19/h6-9,12,15-16,18,29H,10-11,13-14H2,1-5H3. The smallest absolute Gasteiger partial charge is 0.236 e. The van der Waals surface area contributed by atoms with Crippen molar-refractivity contribution in [3.63, 3.8) is 0 Å². The van der Waals surface area contributed by atoms with Gasteiger partial charge in [0, 0.05) is 41.7 Å². The van der Waals surface area contributed by atoms with Gasteiger partial charge in [0.1, 0.15) is 12.1 Å². The van der Waals surface area contributed by atoms with Crippen LogP contribution in [0, 0.1) is 12.8 Å². The highest BCUT2D eigenvalue weighted by Gasteiger charge is 2.31. The van der Waals surface area contributed by atoms with E-state index in [1.807, 2.05) is 40.7 Å². The summed E-state index contributed by atoms with van der Waals surface area (Å²) < 4.78 is 7.99. The lowest BCUT2D eigenvalue weighted by Gasteiger charge is -2.39. The lowest BCUT2D eigenvalue weighted by molar-refractivity contribution is -0.138. The maximum atomic E-state index is 12.1. The Morgan fingerprint density at radius 1 is 1.26 bits per heavy atom. The number of benzene rings is 1. The Kier molecular flexibility index (Phi) is 5.77. The largest absolute Gasteiger partial charge is 0.493 e. The zero-order valence-electron chi connectivity index (χ0n) is 20.5. The number of aromatic nitrogens is 4. The number of nitrogens with one attached hydrogen (secondary N) is 1. The minimum Gasteiger partial charge on any atom is -0.493 e. The van der Waals surface area contributed by atoms with Crippen LogP contribution in [0.2, 0.25) is 0 Å². The van der Waals surface area contributed by atoms with Crippen molar-refractivity contribution in [2.75, 3.05) is 40.3 Å². The molecule has 1 saturated heterocycles. The molecule has 0 radical (unpaired) electrons. The van der Waals surface area contributed by atoms with E-state index in [1.165, 1.54) is 10.9 Å². The van der Waals surface area contributed by atoms with E-state index in [2.05, 4.69) is 54.0 Å². The zero-order chi connectivity index (χ0) is 24.0. The SMILES string of the molecule is Cc1cc(-c2[nH]c3ccc(OCC4CN(C(=O)CN(C)C)C4)cc3c2C(C)C)cn2ncnc12.